The van der Waals surface area contributed by atoms with Crippen molar-refractivity contribution in [3.63, 3.8) is 0 Å². The van der Waals surface area contributed by atoms with Crippen LogP contribution in [0.25, 0.3) is 0 Å². The van der Waals surface area contributed by atoms with Crippen LogP contribution in [-0.2, 0) is 0 Å². The molecule has 1 saturated carbocycles. The van der Waals surface area contributed by atoms with Crippen molar-refractivity contribution in [2.45, 2.75) is 65.0 Å². The highest BCUT2D eigenvalue weighted by atomic mass is 15.2. The van der Waals surface area contributed by atoms with Gasteiger partial charge in [0.05, 0.1) is 0 Å². The summed E-state index contributed by atoms with van der Waals surface area (Å²) in [5, 5.41) is 3.58. The molecule has 0 spiro atoms. The molecule has 0 radical (unpaired) electrons. The van der Waals surface area contributed by atoms with Crippen LogP contribution in [0.4, 0.5) is 0 Å². The third-order valence-electron chi connectivity index (χ3n) is 5.95. The van der Waals surface area contributed by atoms with Gasteiger partial charge in [0.25, 0.3) is 0 Å². The summed E-state index contributed by atoms with van der Waals surface area (Å²) in [4.78, 5) is 5.27. The maximum atomic E-state index is 3.58. The van der Waals surface area contributed by atoms with Gasteiger partial charge in [0.15, 0.2) is 0 Å². The van der Waals surface area contributed by atoms with Crippen molar-refractivity contribution in [2.75, 3.05) is 40.3 Å². The molecular weight excluding hydrogens is 258 g/mol. The van der Waals surface area contributed by atoms with Gasteiger partial charge in [-0.3, -0.25) is 0 Å². The average Bonchev–Trinajstić information content (AvgIpc) is 2.96. The molecule has 2 aliphatic rings. The fourth-order valence-electron chi connectivity index (χ4n) is 4.23. The molecule has 0 aromatic carbocycles. The first-order chi connectivity index (χ1) is 9.91. The van der Waals surface area contributed by atoms with Gasteiger partial charge in [-0.25, -0.2) is 0 Å². The van der Waals surface area contributed by atoms with E-state index in [4.69, 9.17) is 0 Å². The second-order valence-corrected chi connectivity index (χ2v) is 8.37. The van der Waals surface area contributed by atoms with Crippen LogP contribution in [0.3, 0.4) is 0 Å². The average molecular weight is 296 g/mol. The minimum atomic E-state index is 0.451. The van der Waals surface area contributed by atoms with Crippen molar-refractivity contribution in [1.29, 1.82) is 0 Å². The molecule has 3 nitrogen and oxygen atoms in total. The lowest BCUT2D eigenvalue weighted by molar-refractivity contribution is 0.0702. The highest BCUT2D eigenvalue weighted by molar-refractivity contribution is 4.93. The zero-order valence-electron chi connectivity index (χ0n) is 15.0. The van der Waals surface area contributed by atoms with E-state index in [9.17, 15) is 0 Å². The van der Waals surface area contributed by atoms with E-state index in [-0.39, 0.29) is 0 Å². The third kappa shape index (κ3) is 4.67. The molecule has 3 unspecified atom stereocenters. The standard InChI is InChI=1S/C18H37N3/c1-18(2,3)15-8-9-16(19-4)17(14-15)20(5)12-13-21-10-6-7-11-21/h15-17,19H,6-14H2,1-5H3. The molecule has 1 N–H and O–H groups in total. The van der Waals surface area contributed by atoms with Crippen LogP contribution >= 0.6 is 0 Å². The molecule has 0 bridgehead atoms. The second-order valence-electron chi connectivity index (χ2n) is 8.37. The molecule has 2 rings (SSSR count). The first-order valence-electron chi connectivity index (χ1n) is 9.01. The van der Waals surface area contributed by atoms with E-state index in [1.807, 2.05) is 0 Å². The van der Waals surface area contributed by atoms with E-state index in [0.29, 0.717) is 17.5 Å². The van der Waals surface area contributed by atoms with Crippen molar-refractivity contribution in [2.24, 2.45) is 11.3 Å². The molecule has 0 aromatic heterocycles. The number of hydrogen-bond donors (Lipinski definition) is 1. The second kappa shape index (κ2) is 7.43. The molecule has 2 fully saturated rings. The lowest BCUT2D eigenvalue weighted by Crippen LogP contribution is -2.53. The predicted molar refractivity (Wildman–Crippen MR) is 91.7 cm³/mol. The summed E-state index contributed by atoms with van der Waals surface area (Å²) >= 11 is 0. The van der Waals surface area contributed by atoms with Gasteiger partial charge in [0.1, 0.15) is 0 Å². The molecule has 1 aliphatic heterocycles. The maximum Gasteiger partial charge on any atom is 0.0249 e. The lowest BCUT2D eigenvalue weighted by Gasteiger charge is -2.45. The molecular formula is C18H37N3. The summed E-state index contributed by atoms with van der Waals surface area (Å²) < 4.78 is 0. The number of nitrogens with zero attached hydrogens (tertiary/aromatic N) is 2. The summed E-state index contributed by atoms with van der Waals surface area (Å²) in [6.45, 7) is 12.4. The van der Waals surface area contributed by atoms with Gasteiger partial charge in [-0.15, -0.1) is 0 Å². The number of nitrogens with one attached hydrogen (secondary N) is 1. The fraction of sp³-hybridized carbons (Fsp3) is 1.00. The van der Waals surface area contributed by atoms with Gasteiger partial charge in [-0.1, -0.05) is 20.8 Å². The van der Waals surface area contributed by atoms with Crippen molar-refractivity contribution < 1.29 is 0 Å². The highest BCUT2D eigenvalue weighted by Gasteiger charge is 2.36. The number of hydrogen-bond acceptors (Lipinski definition) is 3. The normalized spacial score (nSPS) is 32.0. The topological polar surface area (TPSA) is 18.5 Å². The van der Waals surface area contributed by atoms with E-state index in [2.05, 4.69) is 50.0 Å². The Morgan fingerprint density at radius 1 is 1.14 bits per heavy atom. The van der Waals surface area contributed by atoms with Gasteiger partial charge in [-0.05, 0) is 70.6 Å². The van der Waals surface area contributed by atoms with Crippen LogP contribution in [0.5, 0.6) is 0 Å². The fourth-order valence-corrected chi connectivity index (χ4v) is 4.23. The Labute approximate surface area is 132 Å². The van der Waals surface area contributed by atoms with Crippen LogP contribution in [0.15, 0.2) is 0 Å². The SMILES string of the molecule is CNC1CCC(C(C)(C)C)CC1N(C)CCN1CCCC1. The van der Waals surface area contributed by atoms with Crippen molar-refractivity contribution in [3.05, 3.63) is 0 Å². The minimum absolute atomic E-state index is 0.451. The summed E-state index contributed by atoms with van der Waals surface area (Å²) in [5.41, 5.74) is 0.451. The van der Waals surface area contributed by atoms with Crippen molar-refractivity contribution in [3.8, 4) is 0 Å². The molecule has 3 atom stereocenters. The Morgan fingerprint density at radius 2 is 1.81 bits per heavy atom. The quantitative estimate of drug-likeness (QED) is 0.841. The van der Waals surface area contributed by atoms with E-state index >= 15 is 0 Å². The molecule has 1 saturated heterocycles. The summed E-state index contributed by atoms with van der Waals surface area (Å²) in [6, 6.07) is 1.38. The van der Waals surface area contributed by atoms with E-state index in [1.165, 1.54) is 58.3 Å². The van der Waals surface area contributed by atoms with E-state index < -0.39 is 0 Å². The summed E-state index contributed by atoms with van der Waals surface area (Å²) in [7, 11) is 4.49. The van der Waals surface area contributed by atoms with Gasteiger partial charge in [0.2, 0.25) is 0 Å². The van der Waals surface area contributed by atoms with Gasteiger partial charge >= 0.3 is 0 Å². The van der Waals surface area contributed by atoms with Crippen molar-refractivity contribution >= 4 is 0 Å². The zero-order chi connectivity index (χ0) is 15.5. The summed E-state index contributed by atoms with van der Waals surface area (Å²) in [5.74, 6) is 0.862. The monoisotopic (exact) mass is 295 g/mol. The Kier molecular flexibility index (Phi) is 6.10. The highest BCUT2D eigenvalue weighted by Crippen LogP contribution is 2.39. The lowest BCUT2D eigenvalue weighted by atomic mass is 9.69. The van der Waals surface area contributed by atoms with E-state index in [1.54, 1.807) is 0 Å². The van der Waals surface area contributed by atoms with Crippen LogP contribution in [-0.4, -0.2) is 62.2 Å². The molecule has 3 heteroatoms. The van der Waals surface area contributed by atoms with Gasteiger partial charge in [0, 0.05) is 25.2 Å². The van der Waals surface area contributed by atoms with E-state index in [0.717, 1.165) is 5.92 Å². The van der Waals surface area contributed by atoms with Crippen LogP contribution in [0.1, 0.15) is 52.9 Å². The molecule has 124 valence electrons. The van der Waals surface area contributed by atoms with Crippen LogP contribution < -0.4 is 5.32 Å². The largest absolute Gasteiger partial charge is 0.315 e. The Hall–Kier alpha value is -0.120. The minimum Gasteiger partial charge on any atom is -0.315 e. The maximum absolute atomic E-state index is 3.58. The van der Waals surface area contributed by atoms with Gasteiger partial charge < -0.3 is 15.1 Å². The summed E-state index contributed by atoms with van der Waals surface area (Å²) in [6.07, 6.45) is 6.87. The first-order valence-corrected chi connectivity index (χ1v) is 9.01. The Balaban J connectivity index is 1.89. The molecule has 1 heterocycles. The number of likely N-dealkylation sites (N-methyl/N-ethyl adjacent to an activating group) is 2. The Bertz CT molecular complexity index is 304. The molecule has 0 aromatic rings. The molecule has 0 amide bonds. The number of likely N-dealkylation sites (tertiary alicyclic amines) is 1. The zero-order valence-corrected chi connectivity index (χ0v) is 15.0. The number of rotatable bonds is 5. The smallest absolute Gasteiger partial charge is 0.0249 e. The predicted octanol–water partition coefficient (Wildman–Crippen LogP) is 2.82. The third-order valence-corrected chi connectivity index (χ3v) is 5.95. The first kappa shape index (κ1) is 17.2. The van der Waals surface area contributed by atoms with Crippen molar-refractivity contribution in [1.82, 2.24) is 15.1 Å². The molecule has 1 aliphatic carbocycles. The molecule has 21 heavy (non-hydrogen) atoms. The Morgan fingerprint density at radius 3 is 2.38 bits per heavy atom. The van der Waals surface area contributed by atoms with Crippen LogP contribution in [0, 0.1) is 11.3 Å². The van der Waals surface area contributed by atoms with Crippen LogP contribution in [0.2, 0.25) is 0 Å². The van der Waals surface area contributed by atoms with Gasteiger partial charge in [-0.2, -0.15) is 0 Å².